The molecule has 0 aliphatic heterocycles. The van der Waals surface area contributed by atoms with E-state index in [0.29, 0.717) is 16.9 Å². The minimum Gasteiger partial charge on any atom is -0.453 e. The van der Waals surface area contributed by atoms with Gasteiger partial charge in [-0.05, 0) is 35.9 Å². The van der Waals surface area contributed by atoms with Crippen molar-refractivity contribution in [3.05, 3.63) is 82.0 Å². The van der Waals surface area contributed by atoms with Crippen LogP contribution < -0.4 is 5.73 Å². The summed E-state index contributed by atoms with van der Waals surface area (Å²) in [6.07, 6.45) is 0.0619. The Labute approximate surface area is 147 Å². The van der Waals surface area contributed by atoms with Gasteiger partial charge in [0.1, 0.15) is 5.76 Å². The molecule has 0 fully saturated rings. The fourth-order valence-corrected chi connectivity index (χ4v) is 2.70. The van der Waals surface area contributed by atoms with Gasteiger partial charge in [0, 0.05) is 22.0 Å². The molecule has 24 heavy (non-hydrogen) atoms. The first kappa shape index (κ1) is 16.2. The zero-order chi connectivity index (χ0) is 17.1. The maximum Gasteiger partial charge on any atom is 0.248 e. The van der Waals surface area contributed by atoms with Gasteiger partial charge in [0.2, 0.25) is 11.7 Å². The van der Waals surface area contributed by atoms with Crippen LogP contribution in [0.3, 0.4) is 0 Å². The number of benzene rings is 2. The summed E-state index contributed by atoms with van der Waals surface area (Å²) in [5, 5.41) is 0. The van der Waals surface area contributed by atoms with Crippen molar-refractivity contribution in [3.63, 3.8) is 0 Å². The Bertz CT molecular complexity index is 897. The number of rotatable bonds is 5. The minimum absolute atomic E-state index is 0.0619. The second-order valence-corrected chi connectivity index (χ2v) is 6.21. The first-order valence-corrected chi connectivity index (χ1v) is 8.10. The van der Waals surface area contributed by atoms with Crippen LogP contribution in [-0.2, 0) is 6.42 Å². The lowest BCUT2D eigenvalue weighted by Crippen LogP contribution is -2.15. The van der Waals surface area contributed by atoms with Crippen LogP contribution in [0.5, 0.6) is 0 Å². The van der Waals surface area contributed by atoms with Gasteiger partial charge in [0.05, 0.1) is 0 Å². The van der Waals surface area contributed by atoms with Gasteiger partial charge in [-0.3, -0.25) is 9.59 Å². The van der Waals surface area contributed by atoms with Crippen LogP contribution in [0.2, 0.25) is 0 Å². The first-order chi connectivity index (χ1) is 11.5. The molecule has 4 nitrogen and oxygen atoms in total. The number of carbonyl (C=O) groups is 2. The molecule has 0 radical (unpaired) electrons. The van der Waals surface area contributed by atoms with E-state index in [4.69, 9.17) is 10.2 Å². The number of carbonyl (C=O) groups excluding carboxylic acids is 2. The molecule has 0 aliphatic carbocycles. The van der Waals surface area contributed by atoms with E-state index in [1.807, 2.05) is 24.3 Å². The quantitative estimate of drug-likeness (QED) is 0.669. The number of primary amides is 1. The number of nitrogens with two attached hydrogens (primary N) is 1. The Morgan fingerprint density at radius 3 is 2.38 bits per heavy atom. The van der Waals surface area contributed by atoms with Gasteiger partial charge in [0.25, 0.3) is 0 Å². The fourth-order valence-electron chi connectivity index (χ4n) is 2.43. The molecule has 1 amide bonds. The smallest absolute Gasteiger partial charge is 0.248 e. The summed E-state index contributed by atoms with van der Waals surface area (Å²) in [7, 11) is 0. The summed E-state index contributed by atoms with van der Waals surface area (Å²) in [6, 6.07) is 17.8. The van der Waals surface area contributed by atoms with E-state index in [-0.39, 0.29) is 18.0 Å². The van der Waals surface area contributed by atoms with Crippen LogP contribution in [0.15, 0.2) is 69.6 Å². The Hall–Kier alpha value is -2.66. The largest absolute Gasteiger partial charge is 0.453 e. The van der Waals surface area contributed by atoms with E-state index in [0.717, 1.165) is 10.0 Å². The van der Waals surface area contributed by atoms with Gasteiger partial charge in [-0.2, -0.15) is 0 Å². The van der Waals surface area contributed by atoms with E-state index < -0.39 is 5.91 Å². The van der Waals surface area contributed by atoms with Gasteiger partial charge in [0.15, 0.2) is 5.76 Å². The van der Waals surface area contributed by atoms with E-state index in [1.165, 1.54) is 0 Å². The average Bonchev–Trinajstić information content (AvgIpc) is 3.06. The SMILES string of the molecule is NC(=O)c1ccccc1CC(=O)c1ccc(-c2ccc(Br)cc2)o1. The monoisotopic (exact) mass is 383 g/mol. The average molecular weight is 384 g/mol. The highest BCUT2D eigenvalue weighted by atomic mass is 79.9. The maximum atomic E-state index is 12.4. The van der Waals surface area contributed by atoms with Crippen molar-refractivity contribution < 1.29 is 14.0 Å². The summed E-state index contributed by atoms with van der Waals surface area (Å²) < 4.78 is 6.63. The molecule has 2 N–H and O–H groups in total. The van der Waals surface area contributed by atoms with Gasteiger partial charge < -0.3 is 10.2 Å². The third kappa shape index (κ3) is 3.46. The normalized spacial score (nSPS) is 10.5. The summed E-state index contributed by atoms with van der Waals surface area (Å²) >= 11 is 3.38. The lowest BCUT2D eigenvalue weighted by Gasteiger charge is -2.04. The number of Topliss-reactive ketones (excluding diaryl/α,β-unsaturated/α-hetero) is 1. The van der Waals surface area contributed by atoms with Crippen molar-refractivity contribution in [2.75, 3.05) is 0 Å². The zero-order valence-electron chi connectivity index (χ0n) is 12.7. The summed E-state index contributed by atoms with van der Waals surface area (Å²) in [5.41, 5.74) is 7.17. The molecule has 0 atom stereocenters. The molecule has 0 aliphatic rings. The lowest BCUT2D eigenvalue weighted by molar-refractivity contribution is 0.0966. The molecule has 0 bridgehead atoms. The van der Waals surface area contributed by atoms with Crippen LogP contribution in [0, 0.1) is 0 Å². The molecule has 3 aromatic rings. The van der Waals surface area contributed by atoms with Gasteiger partial charge in [-0.25, -0.2) is 0 Å². The molecule has 0 unspecified atom stereocenters. The Kier molecular flexibility index (Phi) is 4.62. The topological polar surface area (TPSA) is 73.3 Å². The molecule has 5 heteroatoms. The number of hydrogen-bond acceptors (Lipinski definition) is 3. The number of amides is 1. The Morgan fingerprint density at radius 2 is 1.67 bits per heavy atom. The highest BCUT2D eigenvalue weighted by Crippen LogP contribution is 2.25. The molecule has 0 saturated carbocycles. The van der Waals surface area contributed by atoms with Crippen molar-refractivity contribution in [2.24, 2.45) is 5.73 Å². The summed E-state index contributed by atoms with van der Waals surface area (Å²) in [6.45, 7) is 0. The van der Waals surface area contributed by atoms with Crippen molar-refractivity contribution >= 4 is 27.6 Å². The van der Waals surface area contributed by atoms with Crippen molar-refractivity contribution in [1.82, 2.24) is 0 Å². The molecule has 0 spiro atoms. The molecule has 120 valence electrons. The van der Waals surface area contributed by atoms with Crippen molar-refractivity contribution in [1.29, 1.82) is 0 Å². The molecule has 0 saturated heterocycles. The third-order valence-corrected chi connectivity index (χ3v) is 4.17. The van der Waals surface area contributed by atoms with Crippen molar-refractivity contribution in [2.45, 2.75) is 6.42 Å². The standard InChI is InChI=1S/C19H14BrNO3/c20-14-7-5-12(6-8-14)17-9-10-18(24-17)16(22)11-13-3-1-2-4-15(13)19(21)23/h1-10H,11H2,(H2,21,23). The van der Waals surface area contributed by atoms with Crippen LogP contribution in [0.1, 0.15) is 26.5 Å². The maximum absolute atomic E-state index is 12.4. The second-order valence-electron chi connectivity index (χ2n) is 5.29. The lowest BCUT2D eigenvalue weighted by atomic mass is 10.0. The Balaban J connectivity index is 1.82. The number of hydrogen-bond donors (Lipinski definition) is 1. The van der Waals surface area contributed by atoms with Gasteiger partial charge >= 0.3 is 0 Å². The molecule has 2 aromatic carbocycles. The molecule has 3 rings (SSSR count). The third-order valence-electron chi connectivity index (χ3n) is 3.64. The number of furan rings is 1. The van der Waals surface area contributed by atoms with Crippen molar-refractivity contribution in [3.8, 4) is 11.3 Å². The van der Waals surface area contributed by atoms with E-state index in [2.05, 4.69) is 15.9 Å². The Morgan fingerprint density at radius 1 is 0.958 bits per heavy atom. The second kappa shape index (κ2) is 6.84. The van der Waals surface area contributed by atoms with Crippen LogP contribution in [0.25, 0.3) is 11.3 Å². The highest BCUT2D eigenvalue weighted by Gasteiger charge is 2.16. The van der Waals surface area contributed by atoms with E-state index in [1.54, 1.807) is 36.4 Å². The zero-order valence-corrected chi connectivity index (χ0v) is 14.2. The summed E-state index contributed by atoms with van der Waals surface area (Å²) in [4.78, 5) is 23.9. The molecule has 1 heterocycles. The first-order valence-electron chi connectivity index (χ1n) is 7.31. The van der Waals surface area contributed by atoms with Crippen LogP contribution >= 0.6 is 15.9 Å². The number of halogens is 1. The molecular formula is C19H14BrNO3. The van der Waals surface area contributed by atoms with Crippen LogP contribution in [-0.4, -0.2) is 11.7 Å². The van der Waals surface area contributed by atoms with E-state index >= 15 is 0 Å². The molecular weight excluding hydrogens is 370 g/mol. The predicted molar refractivity (Wildman–Crippen MR) is 94.8 cm³/mol. The van der Waals surface area contributed by atoms with E-state index in [9.17, 15) is 9.59 Å². The summed E-state index contributed by atoms with van der Waals surface area (Å²) in [5.74, 6) is 0.127. The number of ketones is 1. The fraction of sp³-hybridized carbons (Fsp3) is 0.0526. The molecule has 1 aromatic heterocycles. The highest BCUT2D eigenvalue weighted by molar-refractivity contribution is 9.10. The van der Waals surface area contributed by atoms with Gasteiger partial charge in [-0.15, -0.1) is 0 Å². The van der Waals surface area contributed by atoms with Crippen LogP contribution in [0.4, 0.5) is 0 Å². The minimum atomic E-state index is -0.548. The van der Waals surface area contributed by atoms with Gasteiger partial charge in [-0.1, -0.05) is 46.3 Å². The predicted octanol–water partition coefficient (Wildman–Crippen LogP) is 4.23.